The van der Waals surface area contributed by atoms with E-state index in [9.17, 15) is 26.3 Å². The predicted octanol–water partition coefficient (Wildman–Crippen LogP) is 3.78. The fourth-order valence-electron chi connectivity index (χ4n) is 3.34. The Labute approximate surface area is 206 Å². The highest BCUT2D eigenvalue weighted by Gasteiger charge is 2.38. The van der Waals surface area contributed by atoms with Crippen LogP contribution in [0.3, 0.4) is 0 Å². The molecule has 0 unspecified atom stereocenters. The highest BCUT2D eigenvalue weighted by Crippen LogP contribution is 2.33. The molecule has 0 bridgehead atoms. The molecular weight excluding hydrogens is 518 g/mol. The van der Waals surface area contributed by atoms with Crippen LogP contribution >= 0.6 is 0 Å². The lowest BCUT2D eigenvalue weighted by Gasteiger charge is -2.29. The molecule has 0 fully saturated rings. The normalized spacial score (nSPS) is 14.5. The number of carboxylic acids is 2. The number of pyridine rings is 1. The summed E-state index contributed by atoms with van der Waals surface area (Å²) < 4.78 is 79.6. The first-order valence-corrected chi connectivity index (χ1v) is 10.4. The molecule has 0 saturated carbocycles. The molecule has 37 heavy (non-hydrogen) atoms. The van der Waals surface area contributed by atoms with Crippen LogP contribution in [0.5, 0.6) is 11.5 Å². The maximum absolute atomic E-state index is 10.6. The first-order valence-electron chi connectivity index (χ1n) is 10.4. The fourth-order valence-corrected chi connectivity index (χ4v) is 3.34. The van der Waals surface area contributed by atoms with Crippen molar-refractivity contribution in [2.75, 3.05) is 20.4 Å². The third kappa shape index (κ3) is 9.09. The Morgan fingerprint density at radius 3 is 2.19 bits per heavy atom. The number of ether oxygens (including phenoxy) is 3. The molecule has 3 heterocycles. The molecular formula is C22H22F6N2O7. The lowest BCUT2D eigenvalue weighted by atomic mass is 9.97. The van der Waals surface area contributed by atoms with Crippen molar-refractivity contribution in [3.8, 4) is 11.5 Å². The van der Waals surface area contributed by atoms with Crippen LogP contribution in [0.4, 0.5) is 26.3 Å². The first-order chi connectivity index (χ1) is 17.2. The van der Waals surface area contributed by atoms with Crippen LogP contribution < -0.4 is 9.47 Å². The summed E-state index contributed by atoms with van der Waals surface area (Å²) in [5.41, 5.74) is 5.18. The van der Waals surface area contributed by atoms with E-state index in [0.717, 1.165) is 37.6 Å². The average molecular weight is 540 g/mol. The molecule has 2 N–H and O–H groups in total. The summed E-state index contributed by atoms with van der Waals surface area (Å²) in [6.45, 7) is 3.84. The largest absolute Gasteiger partial charge is 0.490 e. The molecule has 1 aromatic heterocycles. The van der Waals surface area contributed by atoms with E-state index in [0.29, 0.717) is 13.4 Å². The van der Waals surface area contributed by atoms with E-state index in [2.05, 4.69) is 22.0 Å². The molecule has 2 aliphatic rings. The third-order valence-electron chi connectivity index (χ3n) is 4.94. The Kier molecular flexibility index (Phi) is 10.1. The third-order valence-corrected chi connectivity index (χ3v) is 4.94. The SMILES string of the molecule is COCc1cncc2c1CCN(Cc1ccc3c(c1)OCO3)C2.O=C(O)C(F)(F)F.O=C(O)C(F)(F)F. The van der Waals surface area contributed by atoms with Gasteiger partial charge in [0.25, 0.3) is 0 Å². The van der Waals surface area contributed by atoms with Crippen LogP contribution in [0.1, 0.15) is 22.3 Å². The van der Waals surface area contributed by atoms with Gasteiger partial charge in [0.05, 0.1) is 6.61 Å². The van der Waals surface area contributed by atoms with Gasteiger partial charge in [0, 0.05) is 39.1 Å². The van der Waals surface area contributed by atoms with Gasteiger partial charge in [-0.2, -0.15) is 26.3 Å². The standard InChI is InChI=1S/C18H20N2O3.2C2HF3O2/c1-21-11-15-8-19-7-14-10-20(5-4-16(14)15)9-13-2-3-17-18(6-13)23-12-22-17;2*3-2(4,5)1(6)7/h2-3,6-8H,4-5,9-12H2,1H3;2*(H,6,7). The highest BCUT2D eigenvalue weighted by molar-refractivity contribution is 5.73. The van der Waals surface area contributed by atoms with Crippen LogP contribution in [0.15, 0.2) is 30.6 Å². The molecule has 0 saturated heterocycles. The number of aliphatic carboxylic acids is 2. The molecule has 2 aromatic rings. The summed E-state index contributed by atoms with van der Waals surface area (Å²) in [6.07, 6.45) is -5.21. The first kappa shape index (κ1) is 29.6. The van der Waals surface area contributed by atoms with E-state index in [1.807, 2.05) is 18.5 Å². The van der Waals surface area contributed by atoms with E-state index in [4.69, 9.17) is 34.0 Å². The summed E-state index contributed by atoms with van der Waals surface area (Å²) in [4.78, 5) is 24.6. The molecule has 2 aliphatic heterocycles. The van der Waals surface area contributed by atoms with Crippen LogP contribution in [0, 0.1) is 0 Å². The van der Waals surface area contributed by atoms with Crippen LogP contribution in [0.25, 0.3) is 0 Å². The Hall–Kier alpha value is -3.59. The van der Waals surface area contributed by atoms with Gasteiger partial charge in [0.2, 0.25) is 6.79 Å². The van der Waals surface area contributed by atoms with Gasteiger partial charge in [-0.3, -0.25) is 9.88 Å². The summed E-state index contributed by atoms with van der Waals surface area (Å²) >= 11 is 0. The van der Waals surface area contributed by atoms with Crippen molar-refractivity contribution in [1.29, 1.82) is 0 Å². The second-order valence-corrected chi connectivity index (χ2v) is 7.62. The smallest absolute Gasteiger partial charge is 0.475 e. The van der Waals surface area contributed by atoms with Gasteiger partial charge in [-0.25, -0.2) is 9.59 Å². The zero-order valence-electron chi connectivity index (χ0n) is 19.2. The van der Waals surface area contributed by atoms with Gasteiger partial charge in [-0.1, -0.05) is 6.07 Å². The molecule has 1 aromatic carbocycles. The van der Waals surface area contributed by atoms with Gasteiger partial charge in [-0.05, 0) is 40.8 Å². The number of alkyl halides is 6. The molecule has 0 atom stereocenters. The lowest BCUT2D eigenvalue weighted by Crippen LogP contribution is -2.31. The van der Waals surface area contributed by atoms with Crippen molar-refractivity contribution < 1.29 is 60.4 Å². The Morgan fingerprint density at radius 1 is 1.03 bits per heavy atom. The van der Waals surface area contributed by atoms with Gasteiger partial charge < -0.3 is 24.4 Å². The Morgan fingerprint density at radius 2 is 1.62 bits per heavy atom. The van der Waals surface area contributed by atoms with Crippen molar-refractivity contribution in [3.05, 3.63) is 52.8 Å². The van der Waals surface area contributed by atoms with Crippen molar-refractivity contribution in [3.63, 3.8) is 0 Å². The number of hydrogen-bond donors (Lipinski definition) is 2. The fraction of sp³-hybridized carbons (Fsp3) is 0.409. The number of aromatic nitrogens is 1. The minimum Gasteiger partial charge on any atom is -0.475 e. The summed E-state index contributed by atoms with van der Waals surface area (Å²) in [5.74, 6) is -3.82. The van der Waals surface area contributed by atoms with E-state index in [1.165, 1.54) is 22.3 Å². The van der Waals surface area contributed by atoms with Crippen LogP contribution in [-0.2, 0) is 40.4 Å². The zero-order chi connectivity index (χ0) is 27.8. The second kappa shape index (κ2) is 12.6. The summed E-state index contributed by atoms with van der Waals surface area (Å²) in [5, 5.41) is 14.2. The summed E-state index contributed by atoms with van der Waals surface area (Å²) in [7, 11) is 1.73. The maximum Gasteiger partial charge on any atom is 0.490 e. The molecule has 0 amide bonds. The van der Waals surface area contributed by atoms with Gasteiger partial charge in [-0.15, -0.1) is 0 Å². The summed E-state index contributed by atoms with van der Waals surface area (Å²) in [6, 6.07) is 6.19. The number of carboxylic acid groups (broad SMARTS) is 2. The quantitative estimate of drug-likeness (QED) is 0.559. The molecule has 204 valence electrons. The number of methoxy groups -OCH3 is 1. The molecule has 0 radical (unpaired) electrons. The maximum atomic E-state index is 10.6. The molecule has 4 rings (SSSR count). The monoisotopic (exact) mass is 540 g/mol. The highest BCUT2D eigenvalue weighted by atomic mass is 19.4. The average Bonchev–Trinajstić information content (AvgIpc) is 3.27. The minimum atomic E-state index is -5.08. The molecule has 0 spiro atoms. The van der Waals surface area contributed by atoms with Crippen molar-refractivity contribution in [2.24, 2.45) is 0 Å². The van der Waals surface area contributed by atoms with Crippen LogP contribution in [0.2, 0.25) is 0 Å². The number of nitrogens with zero attached hydrogens (tertiary/aromatic N) is 2. The van der Waals surface area contributed by atoms with Crippen LogP contribution in [-0.4, -0.2) is 64.8 Å². The lowest BCUT2D eigenvalue weighted by molar-refractivity contribution is -0.193. The number of benzene rings is 1. The van der Waals surface area contributed by atoms with Gasteiger partial charge in [0.1, 0.15) is 0 Å². The van der Waals surface area contributed by atoms with Crippen molar-refractivity contribution in [1.82, 2.24) is 9.88 Å². The number of hydrogen-bond acceptors (Lipinski definition) is 7. The van der Waals surface area contributed by atoms with Gasteiger partial charge >= 0.3 is 24.3 Å². The number of carbonyl (C=O) groups is 2. The minimum absolute atomic E-state index is 0.323. The molecule has 9 nitrogen and oxygen atoms in total. The number of halogens is 6. The number of fused-ring (bicyclic) bond motifs is 2. The Balaban J connectivity index is 0.000000286. The van der Waals surface area contributed by atoms with E-state index < -0.39 is 24.3 Å². The molecule has 0 aliphatic carbocycles. The van der Waals surface area contributed by atoms with E-state index >= 15 is 0 Å². The molecule has 15 heteroatoms. The van der Waals surface area contributed by atoms with Gasteiger partial charge in [0.15, 0.2) is 11.5 Å². The second-order valence-electron chi connectivity index (χ2n) is 7.62. The van der Waals surface area contributed by atoms with E-state index in [-0.39, 0.29) is 0 Å². The van der Waals surface area contributed by atoms with Crippen molar-refractivity contribution >= 4 is 11.9 Å². The van der Waals surface area contributed by atoms with Crippen molar-refractivity contribution in [2.45, 2.75) is 38.5 Å². The topological polar surface area (TPSA) is 118 Å². The zero-order valence-corrected chi connectivity index (χ0v) is 19.2. The number of rotatable bonds is 4. The van der Waals surface area contributed by atoms with E-state index in [1.54, 1.807) is 7.11 Å². The Bertz CT molecular complexity index is 1070. The predicted molar refractivity (Wildman–Crippen MR) is 113 cm³/mol.